The lowest BCUT2D eigenvalue weighted by molar-refractivity contribution is 0.0958. The van der Waals surface area contributed by atoms with Gasteiger partial charge in [0.2, 0.25) is 16.0 Å². The molecule has 0 spiro atoms. The molecule has 1 aromatic heterocycles. The number of hydrogen-bond acceptors (Lipinski definition) is 6. The van der Waals surface area contributed by atoms with E-state index >= 15 is 0 Å². The number of rotatable bonds is 6. The second kappa shape index (κ2) is 9.09. The molecule has 0 aliphatic carbocycles. The van der Waals surface area contributed by atoms with Crippen LogP contribution in [0.5, 0.6) is 0 Å². The topological polar surface area (TPSA) is 113 Å². The number of nitrogens with zero attached hydrogens (tertiary/aromatic N) is 3. The van der Waals surface area contributed by atoms with Crippen LogP contribution in [-0.2, 0) is 16.6 Å². The van der Waals surface area contributed by atoms with Gasteiger partial charge >= 0.3 is 0 Å². The number of anilines is 1. The lowest BCUT2D eigenvalue weighted by Crippen LogP contribution is -2.38. The maximum absolute atomic E-state index is 13.1. The molecule has 0 radical (unpaired) electrons. The van der Waals surface area contributed by atoms with Crippen LogP contribution in [-0.4, -0.2) is 41.3 Å². The zero-order valence-corrected chi connectivity index (χ0v) is 18.6. The summed E-state index contributed by atoms with van der Waals surface area (Å²) in [7, 11) is -3.80. The Hall–Kier alpha value is -3.24. The molecule has 0 atom stereocenters. The van der Waals surface area contributed by atoms with Gasteiger partial charge < -0.3 is 0 Å². The van der Waals surface area contributed by atoms with Crippen molar-refractivity contribution in [2.75, 3.05) is 18.5 Å². The van der Waals surface area contributed by atoms with Crippen LogP contribution < -0.4 is 16.4 Å². The van der Waals surface area contributed by atoms with E-state index in [4.69, 9.17) is 0 Å². The van der Waals surface area contributed by atoms with Crippen molar-refractivity contribution in [2.24, 2.45) is 0 Å². The summed E-state index contributed by atoms with van der Waals surface area (Å²) in [4.78, 5) is 30.1. The first-order valence-corrected chi connectivity index (χ1v) is 12.0. The number of amides is 1. The van der Waals surface area contributed by atoms with Crippen molar-refractivity contribution < 1.29 is 13.2 Å². The number of hydrogen-bond donors (Lipinski definition) is 2. The van der Waals surface area contributed by atoms with Crippen molar-refractivity contribution in [1.82, 2.24) is 19.3 Å². The Labute approximate surface area is 186 Å². The zero-order valence-electron chi connectivity index (χ0n) is 17.7. The normalized spacial score (nSPS) is 14.9. The van der Waals surface area contributed by atoms with Crippen LogP contribution in [0.3, 0.4) is 0 Å². The summed E-state index contributed by atoms with van der Waals surface area (Å²) in [6.07, 6.45) is 2.60. The van der Waals surface area contributed by atoms with E-state index in [9.17, 15) is 18.0 Å². The summed E-state index contributed by atoms with van der Waals surface area (Å²) in [5.74, 6) is -0.466. The molecule has 1 aliphatic heterocycles. The average molecular weight is 456 g/mol. The molecule has 3 aromatic rings. The smallest absolute Gasteiger partial charge is 0.271 e. The molecule has 1 aliphatic rings. The average Bonchev–Trinajstić information content (AvgIpc) is 2.83. The first-order chi connectivity index (χ1) is 15.4. The monoisotopic (exact) mass is 455 g/mol. The largest absolute Gasteiger partial charge is 0.277 e. The van der Waals surface area contributed by atoms with Crippen LogP contribution in [0.2, 0.25) is 0 Å². The predicted molar refractivity (Wildman–Crippen MR) is 122 cm³/mol. The van der Waals surface area contributed by atoms with Crippen molar-refractivity contribution >= 4 is 32.8 Å². The Bertz CT molecular complexity index is 1310. The van der Waals surface area contributed by atoms with E-state index in [1.165, 1.54) is 21.0 Å². The number of sulfonamides is 1. The summed E-state index contributed by atoms with van der Waals surface area (Å²) in [6.45, 7) is 3.03. The second-order valence-electron chi connectivity index (χ2n) is 7.54. The third-order valence-corrected chi connectivity index (χ3v) is 7.49. The first kappa shape index (κ1) is 22.0. The molecule has 9 nitrogen and oxygen atoms in total. The second-order valence-corrected chi connectivity index (χ2v) is 9.45. The molecule has 0 saturated carbocycles. The van der Waals surface area contributed by atoms with E-state index in [1.54, 1.807) is 43.3 Å². The van der Waals surface area contributed by atoms with Gasteiger partial charge in [0.05, 0.1) is 21.4 Å². The molecule has 1 saturated heterocycles. The third kappa shape index (κ3) is 4.11. The standard InChI is InChI=1S/C22H25N5O4S/c1-2-27-21(29)16-10-4-6-12-18(16)23-22(27)25-24-20(28)17-11-5-7-13-19(17)32(30,31)26-14-8-3-9-15-26/h4-7,10-13H,2-3,8-9,14-15H2,1H3,(H,23,25)(H,24,28). The molecule has 10 heteroatoms. The van der Waals surface area contributed by atoms with Crippen LogP contribution >= 0.6 is 0 Å². The molecule has 2 heterocycles. The Kier molecular flexibility index (Phi) is 6.24. The van der Waals surface area contributed by atoms with Gasteiger partial charge in [0.25, 0.3) is 11.5 Å². The fraction of sp³-hybridized carbons (Fsp3) is 0.318. The van der Waals surface area contributed by atoms with Gasteiger partial charge in [-0.25, -0.2) is 13.4 Å². The molecule has 2 N–H and O–H groups in total. The lowest BCUT2D eigenvalue weighted by atomic mass is 10.2. The fourth-order valence-corrected chi connectivity index (χ4v) is 5.57. The molecule has 1 amide bonds. The summed E-state index contributed by atoms with van der Waals surface area (Å²) in [5.41, 5.74) is 5.48. The van der Waals surface area contributed by atoms with Crippen LogP contribution in [0.25, 0.3) is 10.9 Å². The molecule has 32 heavy (non-hydrogen) atoms. The molecule has 2 aromatic carbocycles. The number of benzene rings is 2. The zero-order chi connectivity index (χ0) is 22.7. The minimum absolute atomic E-state index is 0.0248. The van der Waals surface area contributed by atoms with Crippen molar-refractivity contribution in [3.8, 4) is 0 Å². The van der Waals surface area contributed by atoms with Crippen molar-refractivity contribution in [2.45, 2.75) is 37.6 Å². The van der Waals surface area contributed by atoms with Crippen molar-refractivity contribution in [3.63, 3.8) is 0 Å². The Morgan fingerprint density at radius 3 is 2.47 bits per heavy atom. The van der Waals surface area contributed by atoms with Crippen molar-refractivity contribution in [3.05, 3.63) is 64.4 Å². The summed E-state index contributed by atoms with van der Waals surface area (Å²) in [5, 5.41) is 0.476. The molecule has 168 valence electrons. The Morgan fingerprint density at radius 1 is 1.03 bits per heavy atom. The minimum atomic E-state index is -3.80. The van der Waals surface area contributed by atoms with Gasteiger partial charge in [0.15, 0.2) is 0 Å². The van der Waals surface area contributed by atoms with Crippen LogP contribution in [0.1, 0.15) is 36.5 Å². The van der Waals surface area contributed by atoms with Crippen LogP contribution in [0.4, 0.5) is 5.95 Å². The van der Waals surface area contributed by atoms with Crippen molar-refractivity contribution in [1.29, 1.82) is 0 Å². The summed E-state index contributed by atoms with van der Waals surface area (Å²) in [6, 6.07) is 13.1. The number of carbonyl (C=O) groups is 1. The maximum atomic E-state index is 13.1. The van der Waals surface area contributed by atoms with E-state index < -0.39 is 15.9 Å². The molecular formula is C22H25N5O4S. The van der Waals surface area contributed by atoms with E-state index in [1.807, 2.05) is 0 Å². The number of hydrazine groups is 1. The van der Waals surface area contributed by atoms with Gasteiger partial charge in [0.1, 0.15) is 0 Å². The number of nitrogens with one attached hydrogen (secondary N) is 2. The first-order valence-electron chi connectivity index (χ1n) is 10.6. The quantitative estimate of drug-likeness (QED) is 0.552. The van der Waals surface area contributed by atoms with Gasteiger partial charge in [-0.05, 0) is 44.0 Å². The highest BCUT2D eigenvalue weighted by molar-refractivity contribution is 7.89. The number of para-hydroxylation sites is 1. The number of piperidine rings is 1. The molecule has 4 rings (SSSR count). The predicted octanol–water partition coefficient (Wildman–Crippen LogP) is 2.35. The highest BCUT2D eigenvalue weighted by Gasteiger charge is 2.29. The molecular weight excluding hydrogens is 430 g/mol. The number of carbonyl (C=O) groups excluding carboxylic acids is 1. The number of fused-ring (bicyclic) bond motifs is 1. The van der Waals surface area contributed by atoms with Gasteiger partial charge in [-0.2, -0.15) is 4.31 Å². The van der Waals surface area contributed by atoms with E-state index in [0.717, 1.165) is 19.3 Å². The van der Waals surface area contributed by atoms with Crippen LogP contribution in [0, 0.1) is 0 Å². The SMILES string of the molecule is CCn1c(NNC(=O)c2ccccc2S(=O)(=O)N2CCCCC2)nc2ccccc2c1=O. The highest BCUT2D eigenvalue weighted by atomic mass is 32.2. The fourth-order valence-electron chi connectivity index (χ4n) is 3.86. The van der Waals surface area contributed by atoms with E-state index in [0.29, 0.717) is 30.5 Å². The van der Waals surface area contributed by atoms with Gasteiger partial charge in [-0.1, -0.05) is 30.7 Å². The van der Waals surface area contributed by atoms with E-state index in [-0.39, 0.29) is 22.0 Å². The highest BCUT2D eigenvalue weighted by Crippen LogP contribution is 2.23. The summed E-state index contributed by atoms with van der Waals surface area (Å²) >= 11 is 0. The third-order valence-electron chi connectivity index (χ3n) is 5.53. The molecule has 0 bridgehead atoms. The van der Waals surface area contributed by atoms with Crippen LogP contribution in [0.15, 0.2) is 58.2 Å². The van der Waals surface area contributed by atoms with Gasteiger partial charge in [-0.15, -0.1) is 0 Å². The molecule has 0 unspecified atom stereocenters. The van der Waals surface area contributed by atoms with Gasteiger partial charge in [-0.3, -0.25) is 25.0 Å². The molecule has 1 fully saturated rings. The Balaban J connectivity index is 1.62. The minimum Gasteiger partial charge on any atom is -0.277 e. The Morgan fingerprint density at radius 2 is 1.72 bits per heavy atom. The number of aromatic nitrogens is 2. The maximum Gasteiger partial charge on any atom is 0.271 e. The lowest BCUT2D eigenvalue weighted by Gasteiger charge is -2.26. The summed E-state index contributed by atoms with van der Waals surface area (Å²) < 4.78 is 29.1. The van der Waals surface area contributed by atoms with Gasteiger partial charge in [0, 0.05) is 19.6 Å². The van der Waals surface area contributed by atoms with E-state index in [2.05, 4.69) is 15.8 Å².